The molecule has 20 heavy (non-hydrogen) atoms. The van der Waals surface area contributed by atoms with E-state index in [9.17, 15) is 0 Å². The van der Waals surface area contributed by atoms with Crippen molar-refractivity contribution in [1.29, 1.82) is 0 Å². The summed E-state index contributed by atoms with van der Waals surface area (Å²) in [4.78, 5) is 6.40. The van der Waals surface area contributed by atoms with Crippen LogP contribution >= 0.6 is 11.6 Å². The van der Waals surface area contributed by atoms with Crippen LogP contribution in [0.4, 0.5) is 0 Å². The van der Waals surface area contributed by atoms with E-state index in [2.05, 4.69) is 22.9 Å². The summed E-state index contributed by atoms with van der Waals surface area (Å²) in [6.07, 6.45) is 3.65. The van der Waals surface area contributed by atoms with E-state index in [1.54, 1.807) is 7.11 Å². The Bertz CT molecular complexity index is 545. The Kier molecular flexibility index (Phi) is 5.39. The molecule has 0 radical (unpaired) electrons. The monoisotopic (exact) mass is 290 g/mol. The van der Waals surface area contributed by atoms with Crippen molar-refractivity contribution in [2.45, 2.75) is 20.0 Å². The zero-order valence-corrected chi connectivity index (χ0v) is 12.6. The van der Waals surface area contributed by atoms with Crippen molar-refractivity contribution < 1.29 is 4.74 Å². The van der Waals surface area contributed by atoms with Crippen LogP contribution in [-0.4, -0.2) is 23.5 Å². The fourth-order valence-corrected chi connectivity index (χ4v) is 2.37. The van der Waals surface area contributed by atoms with Crippen LogP contribution < -0.4 is 4.74 Å². The van der Waals surface area contributed by atoms with Crippen LogP contribution in [0.2, 0.25) is 5.02 Å². The normalized spacial score (nSPS) is 10.8. The molecule has 0 unspecified atom stereocenters. The van der Waals surface area contributed by atoms with Crippen LogP contribution in [0.3, 0.4) is 0 Å². The summed E-state index contributed by atoms with van der Waals surface area (Å²) in [6.45, 7) is 4.91. The lowest BCUT2D eigenvalue weighted by Crippen LogP contribution is -2.22. The Morgan fingerprint density at radius 2 is 1.80 bits per heavy atom. The highest BCUT2D eigenvalue weighted by Gasteiger charge is 2.07. The second-order valence-electron chi connectivity index (χ2n) is 4.63. The van der Waals surface area contributed by atoms with Crippen LogP contribution in [0.15, 0.2) is 42.7 Å². The van der Waals surface area contributed by atoms with Gasteiger partial charge in [0.1, 0.15) is 5.75 Å². The first-order valence-corrected chi connectivity index (χ1v) is 7.04. The van der Waals surface area contributed by atoms with E-state index in [0.717, 1.165) is 19.6 Å². The average molecular weight is 291 g/mol. The van der Waals surface area contributed by atoms with Gasteiger partial charge in [-0.2, -0.15) is 0 Å². The number of aromatic nitrogens is 1. The highest BCUT2D eigenvalue weighted by atomic mass is 35.5. The standard InChI is InChI=1S/C16H19ClN2O/c1-3-19(11-13-6-8-18-9-7-13)12-14-4-5-16(20-2)15(17)10-14/h4-10H,3,11-12H2,1-2H3. The van der Waals surface area contributed by atoms with Gasteiger partial charge in [0.05, 0.1) is 12.1 Å². The molecule has 2 rings (SSSR count). The highest BCUT2D eigenvalue weighted by molar-refractivity contribution is 6.32. The van der Waals surface area contributed by atoms with Crippen LogP contribution in [0.5, 0.6) is 5.75 Å². The summed E-state index contributed by atoms with van der Waals surface area (Å²) in [5.74, 6) is 0.715. The predicted octanol–water partition coefficient (Wildman–Crippen LogP) is 3.77. The van der Waals surface area contributed by atoms with Gasteiger partial charge in [-0.1, -0.05) is 24.6 Å². The maximum absolute atomic E-state index is 6.16. The molecule has 0 saturated heterocycles. The smallest absolute Gasteiger partial charge is 0.137 e. The number of rotatable bonds is 6. The third kappa shape index (κ3) is 3.95. The van der Waals surface area contributed by atoms with Crippen LogP contribution in [0.25, 0.3) is 0 Å². The van der Waals surface area contributed by atoms with E-state index in [4.69, 9.17) is 16.3 Å². The first-order valence-electron chi connectivity index (χ1n) is 6.66. The molecule has 1 aromatic carbocycles. The number of halogens is 1. The molecule has 2 aromatic rings. The van der Waals surface area contributed by atoms with E-state index in [-0.39, 0.29) is 0 Å². The lowest BCUT2D eigenvalue weighted by Gasteiger charge is -2.21. The maximum Gasteiger partial charge on any atom is 0.137 e. The second kappa shape index (κ2) is 7.27. The van der Waals surface area contributed by atoms with Gasteiger partial charge in [-0.25, -0.2) is 0 Å². The minimum Gasteiger partial charge on any atom is -0.495 e. The highest BCUT2D eigenvalue weighted by Crippen LogP contribution is 2.25. The van der Waals surface area contributed by atoms with Crippen LogP contribution in [-0.2, 0) is 13.1 Å². The van der Waals surface area contributed by atoms with Gasteiger partial charge in [0, 0.05) is 25.5 Å². The van der Waals surface area contributed by atoms with E-state index < -0.39 is 0 Å². The largest absolute Gasteiger partial charge is 0.495 e. The van der Waals surface area contributed by atoms with Crippen molar-refractivity contribution >= 4 is 11.6 Å². The number of benzene rings is 1. The molecule has 1 aromatic heterocycles. The molecule has 0 atom stereocenters. The maximum atomic E-state index is 6.16. The summed E-state index contributed by atoms with van der Waals surface area (Å²) in [7, 11) is 1.63. The molecule has 1 heterocycles. The summed E-state index contributed by atoms with van der Waals surface area (Å²) in [5.41, 5.74) is 2.45. The second-order valence-corrected chi connectivity index (χ2v) is 5.03. The number of nitrogens with zero attached hydrogens (tertiary/aromatic N) is 2. The van der Waals surface area contributed by atoms with Gasteiger partial charge in [0.15, 0.2) is 0 Å². The number of methoxy groups -OCH3 is 1. The Hall–Kier alpha value is -1.58. The number of pyridine rings is 1. The SMILES string of the molecule is CCN(Cc1ccncc1)Cc1ccc(OC)c(Cl)c1. The summed E-state index contributed by atoms with van der Waals surface area (Å²) in [5, 5.41) is 0.657. The first kappa shape index (κ1) is 14.8. The number of hydrogen-bond acceptors (Lipinski definition) is 3. The molecule has 0 amide bonds. The molecule has 0 fully saturated rings. The Labute approximate surface area is 125 Å². The molecule has 0 N–H and O–H groups in total. The molecule has 0 aliphatic carbocycles. The van der Waals surface area contributed by atoms with E-state index in [1.807, 2.05) is 36.7 Å². The Morgan fingerprint density at radius 1 is 1.10 bits per heavy atom. The molecule has 0 bridgehead atoms. The Morgan fingerprint density at radius 3 is 2.40 bits per heavy atom. The molecular weight excluding hydrogens is 272 g/mol. The average Bonchev–Trinajstić information content (AvgIpc) is 2.48. The van der Waals surface area contributed by atoms with Crippen LogP contribution in [0.1, 0.15) is 18.1 Å². The molecule has 0 saturated carbocycles. The molecule has 3 nitrogen and oxygen atoms in total. The molecule has 0 spiro atoms. The minimum absolute atomic E-state index is 0.657. The topological polar surface area (TPSA) is 25.4 Å². The molecule has 0 aliphatic heterocycles. The Balaban J connectivity index is 2.04. The zero-order chi connectivity index (χ0) is 14.4. The van der Waals surface area contributed by atoms with E-state index in [1.165, 1.54) is 11.1 Å². The molecule has 0 aliphatic rings. The van der Waals surface area contributed by atoms with Crippen molar-refractivity contribution in [2.75, 3.05) is 13.7 Å². The summed E-state index contributed by atoms with van der Waals surface area (Å²) >= 11 is 6.16. The van der Waals surface area contributed by atoms with Gasteiger partial charge in [-0.3, -0.25) is 9.88 Å². The molecule has 4 heteroatoms. The van der Waals surface area contributed by atoms with Gasteiger partial charge in [0.25, 0.3) is 0 Å². The van der Waals surface area contributed by atoms with Crippen molar-refractivity contribution in [3.8, 4) is 5.75 Å². The predicted molar refractivity (Wildman–Crippen MR) is 82.0 cm³/mol. The van der Waals surface area contributed by atoms with E-state index >= 15 is 0 Å². The fraction of sp³-hybridized carbons (Fsp3) is 0.312. The van der Waals surface area contributed by atoms with Gasteiger partial charge in [0.2, 0.25) is 0 Å². The van der Waals surface area contributed by atoms with Crippen molar-refractivity contribution in [2.24, 2.45) is 0 Å². The van der Waals surface area contributed by atoms with Gasteiger partial charge in [-0.05, 0) is 41.9 Å². The first-order chi connectivity index (χ1) is 9.72. The zero-order valence-electron chi connectivity index (χ0n) is 11.8. The van der Waals surface area contributed by atoms with E-state index in [0.29, 0.717) is 10.8 Å². The van der Waals surface area contributed by atoms with Gasteiger partial charge < -0.3 is 4.74 Å². The van der Waals surface area contributed by atoms with Crippen molar-refractivity contribution in [1.82, 2.24) is 9.88 Å². The third-order valence-electron chi connectivity index (χ3n) is 3.23. The minimum atomic E-state index is 0.657. The van der Waals surface area contributed by atoms with Crippen LogP contribution in [0, 0.1) is 0 Å². The summed E-state index contributed by atoms with van der Waals surface area (Å²) < 4.78 is 5.17. The van der Waals surface area contributed by atoms with Gasteiger partial charge in [-0.15, -0.1) is 0 Å². The number of ether oxygens (including phenoxy) is 1. The molecule has 106 valence electrons. The molecular formula is C16H19ClN2O. The quantitative estimate of drug-likeness (QED) is 0.810. The van der Waals surface area contributed by atoms with Crippen molar-refractivity contribution in [3.05, 3.63) is 58.9 Å². The number of hydrogen-bond donors (Lipinski definition) is 0. The lowest BCUT2D eigenvalue weighted by atomic mass is 10.2. The lowest BCUT2D eigenvalue weighted by molar-refractivity contribution is 0.271. The third-order valence-corrected chi connectivity index (χ3v) is 3.52. The van der Waals surface area contributed by atoms with Gasteiger partial charge >= 0.3 is 0 Å². The fourth-order valence-electron chi connectivity index (χ4n) is 2.09. The van der Waals surface area contributed by atoms with Crippen molar-refractivity contribution in [3.63, 3.8) is 0 Å². The summed E-state index contributed by atoms with van der Waals surface area (Å²) in [6, 6.07) is 10.0.